The molecule has 6 nitrogen and oxygen atoms in total. The third-order valence-corrected chi connectivity index (χ3v) is 4.47. The minimum atomic E-state index is 0.00979. The lowest BCUT2D eigenvalue weighted by molar-refractivity contribution is -0.119. The summed E-state index contributed by atoms with van der Waals surface area (Å²) in [6.07, 6.45) is 0. The summed E-state index contributed by atoms with van der Waals surface area (Å²) in [7, 11) is 0. The summed E-state index contributed by atoms with van der Waals surface area (Å²) in [5.41, 5.74) is 4.42. The monoisotopic (exact) mass is 457 g/mol. The zero-order valence-corrected chi connectivity index (χ0v) is 21.5. The van der Waals surface area contributed by atoms with Gasteiger partial charge in [0, 0.05) is 32.2 Å². The Labute approximate surface area is 200 Å². The molecule has 0 aliphatic carbocycles. The molecule has 1 saturated heterocycles. The Morgan fingerprint density at radius 2 is 1.33 bits per heavy atom. The molecule has 2 amide bonds. The van der Waals surface area contributed by atoms with Crippen molar-refractivity contribution >= 4 is 17.5 Å². The van der Waals surface area contributed by atoms with Crippen LogP contribution < -0.4 is 10.6 Å². The maximum atomic E-state index is 11.8. The largest absolute Gasteiger partial charge is 0.379 e. The van der Waals surface area contributed by atoms with Gasteiger partial charge in [-0.3, -0.25) is 14.5 Å². The van der Waals surface area contributed by atoms with Crippen molar-refractivity contribution in [1.82, 2.24) is 10.2 Å². The summed E-state index contributed by atoms with van der Waals surface area (Å²) in [5.74, 6) is 0.0475. The molecule has 0 radical (unpaired) electrons. The molecular formula is C27H43N3O3. The molecule has 6 heteroatoms. The van der Waals surface area contributed by atoms with Gasteiger partial charge < -0.3 is 15.4 Å². The number of benzene rings is 2. The van der Waals surface area contributed by atoms with E-state index in [1.54, 1.807) is 0 Å². The van der Waals surface area contributed by atoms with E-state index in [0.29, 0.717) is 13.1 Å². The van der Waals surface area contributed by atoms with Gasteiger partial charge >= 0.3 is 0 Å². The lowest BCUT2D eigenvalue weighted by Crippen LogP contribution is -2.41. The molecule has 2 aromatic carbocycles. The molecule has 2 N–H and O–H groups in total. The molecule has 0 bridgehead atoms. The number of carbonyl (C=O) groups is 2. The van der Waals surface area contributed by atoms with Crippen molar-refractivity contribution in [3.63, 3.8) is 0 Å². The molecule has 1 heterocycles. The first-order chi connectivity index (χ1) is 15.9. The van der Waals surface area contributed by atoms with Gasteiger partial charge in [-0.2, -0.15) is 0 Å². The number of amides is 2. The van der Waals surface area contributed by atoms with E-state index in [0.717, 1.165) is 37.6 Å². The summed E-state index contributed by atoms with van der Waals surface area (Å²) in [6, 6.07) is 15.9. The highest BCUT2D eigenvalue weighted by Crippen LogP contribution is 2.08. The molecule has 0 spiro atoms. The first kappa shape index (κ1) is 30.3. The van der Waals surface area contributed by atoms with Crippen LogP contribution in [0.1, 0.15) is 51.3 Å². The van der Waals surface area contributed by atoms with Crippen LogP contribution >= 0.6 is 0 Å². The van der Waals surface area contributed by atoms with Crippen LogP contribution in [0.25, 0.3) is 0 Å². The maximum Gasteiger partial charge on any atom is 0.238 e. The number of rotatable bonds is 5. The number of anilines is 1. The Morgan fingerprint density at radius 3 is 1.82 bits per heavy atom. The van der Waals surface area contributed by atoms with Crippen LogP contribution in [0.3, 0.4) is 0 Å². The normalized spacial score (nSPS) is 12.5. The van der Waals surface area contributed by atoms with Crippen LogP contribution in [0.15, 0.2) is 48.5 Å². The van der Waals surface area contributed by atoms with Crippen molar-refractivity contribution in [3.05, 3.63) is 65.2 Å². The highest BCUT2D eigenvalue weighted by Gasteiger charge is 2.13. The van der Waals surface area contributed by atoms with Crippen LogP contribution in [-0.2, 0) is 20.9 Å². The van der Waals surface area contributed by atoms with Crippen LogP contribution in [0, 0.1) is 13.8 Å². The molecule has 2 aromatic rings. The molecule has 0 unspecified atom stereocenters. The summed E-state index contributed by atoms with van der Waals surface area (Å²) >= 11 is 0. The predicted octanol–water partition coefficient (Wildman–Crippen LogP) is 4.95. The molecule has 3 rings (SSSR count). The van der Waals surface area contributed by atoms with Gasteiger partial charge in [0.15, 0.2) is 0 Å². The minimum absolute atomic E-state index is 0.00979. The smallest absolute Gasteiger partial charge is 0.238 e. The number of morpholine rings is 1. The summed E-state index contributed by atoms with van der Waals surface area (Å²) in [4.78, 5) is 24.4. The van der Waals surface area contributed by atoms with Gasteiger partial charge in [-0.1, -0.05) is 75.2 Å². The Bertz CT molecular complexity index is 768. The van der Waals surface area contributed by atoms with Crippen LogP contribution in [-0.4, -0.2) is 49.6 Å². The maximum absolute atomic E-state index is 11.8. The van der Waals surface area contributed by atoms with Crippen molar-refractivity contribution in [2.24, 2.45) is 0 Å². The van der Waals surface area contributed by atoms with Gasteiger partial charge in [0.1, 0.15) is 0 Å². The number of carbonyl (C=O) groups excluding carboxylic acids is 2. The highest BCUT2D eigenvalue weighted by atomic mass is 16.5. The average Bonchev–Trinajstić information content (AvgIpc) is 2.84. The lowest BCUT2D eigenvalue weighted by atomic mass is 10.1. The topological polar surface area (TPSA) is 70.7 Å². The molecule has 1 fully saturated rings. The molecular weight excluding hydrogens is 414 g/mol. The second kappa shape index (κ2) is 18.8. The minimum Gasteiger partial charge on any atom is -0.379 e. The van der Waals surface area contributed by atoms with Crippen LogP contribution in [0.4, 0.5) is 5.69 Å². The van der Waals surface area contributed by atoms with Crippen molar-refractivity contribution < 1.29 is 14.3 Å². The van der Waals surface area contributed by atoms with Crippen LogP contribution in [0.5, 0.6) is 0 Å². The number of nitrogens with one attached hydrogen (secondary N) is 2. The van der Waals surface area contributed by atoms with Gasteiger partial charge in [-0.05, 0) is 31.5 Å². The quantitative estimate of drug-likeness (QED) is 0.666. The number of nitrogens with zero attached hydrogens (tertiary/aromatic N) is 1. The third-order valence-electron chi connectivity index (χ3n) is 4.47. The van der Waals surface area contributed by atoms with E-state index in [9.17, 15) is 9.59 Å². The lowest BCUT2D eigenvalue weighted by Gasteiger charge is -2.25. The van der Waals surface area contributed by atoms with E-state index < -0.39 is 0 Å². The highest BCUT2D eigenvalue weighted by molar-refractivity contribution is 5.92. The van der Waals surface area contributed by atoms with E-state index in [4.69, 9.17) is 4.74 Å². The summed E-state index contributed by atoms with van der Waals surface area (Å²) in [6.45, 7) is 17.8. The number of hydrogen-bond acceptors (Lipinski definition) is 4. The molecule has 184 valence electrons. The Hall–Kier alpha value is -2.70. The standard InChI is InChI=1S/C13H18N2O2.C10H13NO.2C2H6/c1-11-2-4-12(5-3-11)14-13(16)10-15-6-8-17-9-7-15;1-8-3-5-10(6-4-8)7-11-9(2)12;2*1-2/h2-5H,6-10H2,1H3,(H,14,16);3-6H,7H2,1-2H3,(H,11,12);2*1-2H3. The second-order valence-electron chi connectivity index (χ2n) is 7.20. The second-order valence-corrected chi connectivity index (χ2v) is 7.20. The van der Waals surface area contributed by atoms with E-state index >= 15 is 0 Å². The average molecular weight is 458 g/mol. The molecule has 0 aromatic heterocycles. The zero-order chi connectivity index (χ0) is 25.1. The van der Waals surface area contributed by atoms with Crippen LogP contribution in [0.2, 0.25) is 0 Å². The molecule has 0 atom stereocenters. The van der Waals surface area contributed by atoms with Crippen molar-refractivity contribution in [3.8, 4) is 0 Å². The number of ether oxygens (including phenoxy) is 1. The van der Waals surface area contributed by atoms with E-state index in [1.807, 2.05) is 90.1 Å². The predicted molar refractivity (Wildman–Crippen MR) is 138 cm³/mol. The number of hydrogen-bond donors (Lipinski definition) is 2. The molecule has 0 saturated carbocycles. The van der Waals surface area contributed by atoms with Gasteiger partial charge in [0.2, 0.25) is 11.8 Å². The fourth-order valence-corrected chi connectivity index (χ4v) is 2.73. The van der Waals surface area contributed by atoms with Gasteiger partial charge in [-0.25, -0.2) is 0 Å². The van der Waals surface area contributed by atoms with Gasteiger partial charge in [0.25, 0.3) is 0 Å². The number of aryl methyl sites for hydroxylation is 2. The first-order valence-corrected chi connectivity index (χ1v) is 11.9. The Kier molecular flexibility index (Phi) is 17.3. The van der Waals surface area contributed by atoms with Crippen molar-refractivity contribution in [2.45, 2.75) is 55.0 Å². The Morgan fingerprint density at radius 1 is 0.848 bits per heavy atom. The SMILES string of the molecule is CC.CC.CC(=O)NCc1ccc(C)cc1.Cc1ccc(NC(=O)CN2CCOCC2)cc1. The fraction of sp³-hybridized carbons (Fsp3) is 0.481. The Balaban J connectivity index is 0.000000564. The molecule has 1 aliphatic heterocycles. The van der Waals surface area contributed by atoms with Gasteiger partial charge in [-0.15, -0.1) is 0 Å². The summed E-state index contributed by atoms with van der Waals surface area (Å²) in [5, 5.41) is 5.64. The zero-order valence-electron chi connectivity index (χ0n) is 21.5. The fourth-order valence-electron chi connectivity index (χ4n) is 2.73. The van der Waals surface area contributed by atoms with Crippen molar-refractivity contribution in [1.29, 1.82) is 0 Å². The van der Waals surface area contributed by atoms with E-state index in [1.165, 1.54) is 18.1 Å². The molecule has 1 aliphatic rings. The first-order valence-electron chi connectivity index (χ1n) is 11.9. The van der Waals surface area contributed by atoms with E-state index in [2.05, 4.69) is 15.5 Å². The van der Waals surface area contributed by atoms with Gasteiger partial charge in [0.05, 0.1) is 19.8 Å². The molecule has 33 heavy (non-hydrogen) atoms. The third kappa shape index (κ3) is 14.9. The summed E-state index contributed by atoms with van der Waals surface area (Å²) < 4.78 is 5.24. The van der Waals surface area contributed by atoms with Crippen molar-refractivity contribution in [2.75, 3.05) is 38.2 Å². The van der Waals surface area contributed by atoms with E-state index in [-0.39, 0.29) is 11.8 Å².